The average Bonchev–Trinajstić information content (AvgIpc) is 2.99. The van der Waals surface area contributed by atoms with Crippen molar-refractivity contribution in [3.63, 3.8) is 0 Å². The number of hydrogen-bond donors (Lipinski definition) is 1. The number of pyridine rings is 1. The quantitative estimate of drug-likeness (QED) is 0.790. The van der Waals surface area contributed by atoms with Gasteiger partial charge in [-0.05, 0) is 12.1 Å². The number of H-pyrrole nitrogens is 1. The molecule has 1 amide bonds. The molecule has 2 aromatic heterocycles. The van der Waals surface area contributed by atoms with Crippen molar-refractivity contribution in [1.29, 1.82) is 0 Å². The zero-order chi connectivity index (χ0) is 13.9. The molecule has 100 valence electrons. The lowest BCUT2D eigenvalue weighted by Gasteiger charge is -2.15. The maximum Gasteiger partial charge on any atom is 0.272 e. The topological polar surface area (TPSA) is 61.9 Å². The monoisotopic (exact) mass is 266 g/mol. The highest BCUT2D eigenvalue weighted by Crippen LogP contribution is 2.13. The Hall–Kier alpha value is -2.69. The number of hydrogen-bond acceptors (Lipinski definition) is 3. The molecule has 0 bridgehead atoms. The Morgan fingerprint density at radius 3 is 2.90 bits per heavy atom. The van der Waals surface area contributed by atoms with Crippen LogP contribution in [-0.4, -0.2) is 32.8 Å². The molecule has 5 nitrogen and oxygen atoms in total. The molecular weight excluding hydrogens is 252 g/mol. The van der Waals surface area contributed by atoms with Gasteiger partial charge in [0.2, 0.25) is 0 Å². The zero-order valence-electron chi connectivity index (χ0n) is 11.1. The zero-order valence-corrected chi connectivity index (χ0v) is 11.1. The summed E-state index contributed by atoms with van der Waals surface area (Å²) in [5.41, 5.74) is 1.27. The number of para-hydroxylation sites is 1. The minimum Gasteiger partial charge on any atom is -0.347 e. The molecule has 3 aromatic rings. The number of rotatable bonds is 3. The predicted molar refractivity (Wildman–Crippen MR) is 76.1 cm³/mol. The Morgan fingerprint density at radius 1 is 1.25 bits per heavy atom. The molecule has 0 unspecified atom stereocenters. The third kappa shape index (κ3) is 2.38. The second-order valence-corrected chi connectivity index (χ2v) is 4.59. The van der Waals surface area contributed by atoms with E-state index in [1.807, 2.05) is 30.3 Å². The van der Waals surface area contributed by atoms with Crippen LogP contribution in [0.25, 0.3) is 10.9 Å². The van der Waals surface area contributed by atoms with Crippen molar-refractivity contribution in [3.05, 3.63) is 60.3 Å². The molecule has 0 saturated heterocycles. The van der Waals surface area contributed by atoms with Crippen LogP contribution in [0.1, 0.15) is 16.3 Å². The summed E-state index contributed by atoms with van der Waals surface area (Å²) in [5.74, 6) is 0.633. The molecule has 20 heavy (non-hydrogen) atoms. The van der Waals surface area contributed by atoms with Gasteiger partial charge in [-0.3, -0.25) is 4.79 Å². The molecule has 1 N–H and O–H groups in total. The first-order chi connectivity index (χ1) is 9.74. The van der Waals surface area contributed by atoms with Gasteiger partial charge in [-0.25, -0.2) is 9.97 Å². The largest absolute Gasteiger partial charge is 0.347 e. The molecule has 0 atom stereocenters. The first-order valence-corrected chi connectivity index (χ1v) is 6.33. The van der Waals surface area contributed by atoms with Gasteiger partial charge in [-0.15, -0.1) is 0 Å². The number of nitrogens with one attached hydrogen (secondary N) is 1. The van der Waals surface area contributed by atoms with E-state index in [0.717, 1.165) is 16.7 Å². The van der Waals surface area contributed by atoms with Crippen LogP contribution in [0.4, 0.5) is 0 Å². The molecule has 0 aliphatic rings. The SMILES string of the molecule is CN(Cc1ncc[nH]1)C(=O)c1ccc2ccccc2n1. The summed E-state index contributed by atoms with van der Waals surface area (Å²) in [6, 6.07) is 11.4. The highest BCUT2D eigenvalue weighted by atomic mass is 16.2. The normalized spacial score (nSPS) is 10.7. The standard InChI is InChI=1S/C15H14N4O/c1-19(10-14-16-8-9-17-14)15(20)13-7-6-11-4-2-3-5-12(11)18-13/h2-9H,10H2,1H3,(H,16,17). The van der Waals surface area contributed by atoms with Crippen LogP contribution in [-0.2, 0) is 6.54 Å². The van der Waals surface area contributed by atoms with Gasteiger partial charge in [0.05, 0.1) is 12.1 Å². The Kier molecular flexibility index (Phi) is 3.16. The minimum absolute atomic E-state index is 0.118. The lowest BCUT2D eigenvalue weighted by molar-refractivity contribution is 0.0776. The van der Waals surface area contributed by atoms with Crippen molar-refractivity contribution in [2.75, 3.05) is 7.05 Å². The number of carbonyl (C=O) groups excluding carboxylic acids is 1. The van der Waals surface area contributed by atoms with E-state index in [-0.39, 0.29) is 5.91 Å². The van der Waals surface area contributed by atoms with Crippen molar-refractivity contribution < 1.29 is 4.79 Å². The molecule has 0 saturated carbocycles. The van der Waals surface area contributed by atoms with E-state index in [1.54, 1.807) is 30.4 Å². The molecule has 0 spiro atoms. The fraction of sp³-hybridized carbons (Fsp3) is 0.133. The number of imidazole rings is 1. The molecule has 5 heteroatoms. The van der Waals surface area contributed by atoms with Crippen LogP contribution >= 0.6 is 0 Å². The van der Waals surface area contributed by atoms with Gasteiger partial charge in [0, 0.05) is 24.8 Å². The molecule has 0 fully saturated rings. The van der Waals surface area contributed by atoms with E-state index in [1.165, 1.54) is 0 Å². The predicted octanol–water partition coefficient (Wildman–Crippen LogP) is 2.23. The van der Waals surface area contributed by atoms with Crippen molar-refractivity contribution in [1.82, 2.24) is 19.9 Å². The smallest absolute Gasteiger partial charge is 0.272 e. The fourth-order valence-electron chi connectivity index (χ4n) is 2.06. The van der Waals surface area contributed by atoms with Gasteiger partial charge in [0.1, 0.15) is 11.5 Å². The Balaban J connectivity index is 1.84. The number of benzene rings is 1. The van der Waals surface area contributed by atoms with Gasteiger partial charge >= 0.3 is 0 Å². The van der Waals surface area contributed by atoms with Gasteiger partial charge in [0.15, 0.2) is 0 Å². The first-order valence-electron chi connectivity index (χ1n) is 6.33. The number of aromatic nitrogens is 3. The van der Waals surface area contributed by atoms with Gasteiger partial charge in [-0.1, -0.05) is 24.3 Å². The number of fused-ring (bicyclic) bond motifs is 1. The summed E-state index contributed by atoms with van der Waals surface area (Å²) in [5, 5.41) is 1.03. The average molecular weight is 266 g/mol. The van der Waals surface area contributed by atoms with E-state index >= 15 is 0 Å². The maximum atomic E-state index is 12.3. The molecule has 0 aliphatic heterocycles. The van der Waals surface area contributed by atoms with Crippen LogP contribution in [0.5, 0.6) is 0 Å². The summed E-state index contributed by atoms with van der Waals surface area (Å²) in [6.07, 6.45) is 3.41. The molecule has 3 rings (SSSR count). The Labute approximate surface area is 116 Å². The van der Waals surface area contributed by atoms with Gasteiger partial charge in [-0.2, -0.15) is 0 Å². The van der Waals surface area contributed by atoms with E-state index in [0.29, 0.717) is 12.2 Å². The first kappa shape index (κ1) is 12.3. The third-order valence-corrected chi connectivity index (χ3v) is 3.11. The lowest BCUT2D eigenvalue weighted by Crippen LogP contribution is -2.27. The van der Waals surface area contributed by atoms with Crippen LogP contribution in [0.2, 0.25) is 0 Å². The van der Waals surface area contributed by atoms with Crippen molar-refractivity contribution in [2.24, 2.45) is 0 Å². The minimum atomic E-state index is -0.118. The molecule has 0 aliphatic carbocycles. The molecule has 0 radical (unpaired) electrons. The number of aromatic amines is 1. The van der Waals surface area contributed by atoms with E-state index in [4.69, 9.17) is 0 Å². The van der Waals surface area contributed by atoms with Gasteiger partial charge in [0.25, 0.3) is 5.91 Å². The van der Waals surface area contributed by atoms with Crippen molar-refractivity contribution >= 4 is 16.8 Å². The number of amides is 1. The summed E-state index contributed by atoms with van der Waals surface area (Å²) in [6.45, 7) is 0.431. The van der Waals surface area contributed by atoms with Gasteiger partial charge < -0.3 is 9.88 Å². The molecule has 2 heterocycles. The van der Waals surface area contributed by atoms with Crippen molar-refractivity contribution in [2.45, 2.75) is 6.54 Å². The van der Waals surface area contributed by atoms with Crippen LogP contribution in [0.15, 0.2) is 48.8 Å². The fourth-order valence-corrected chi connectivity index (χ4v) is 2.06. The summed E-state index contributed by atoms with van der Waals surface area (Å²) >= 11 is 0. The summed E-state index contributed by atoms with van der Waals surface area (Å²) in [7, 11) is 1.74. The molecule has 1 aromatic carbocycles. The highest BCUT2D eigenvalue weighted by molar-refractivity contribution is 5.94. The number of nitrogens with zero attached hydrogens (tertiary/aromatic N) is 3. The summed E-state index contributed by atoms with van der Waals surface area (Å²) < 4.78 is 0. The third-order valence-electron chi connectivity index (χ3n) is 3.11. The maximum absolute atomic E-state index is 12.3. The van der Waals surface area contributed by atoms with E-state index in [2.05, 4.69) is 15.0 Å². The van der Waals surface area contributed by atoms with E-state index < -0.39 is 0 Å². The lowest BCUT2D eigenvalue weighted by atomic mass is 10.2. The van der Waals surface area contributed by atoms with Crippen LogP contribution < -0.4 is 0 Å². The second kappa shape index (κ2) is 5.13. The highest BCUT2D eigenvalue weighted by Gasteiger charge is 2.14. The van der Waals surface area contributed by atoms with E-state index in [9.17, 15) is 4.79 Å². The second-order valence-electron chi connectivity index (χ2n) is 4.59. The molecular formula is C15H14N4O. The Morgan fingerprint density at radius 2 is 2.10 bits per heavy atom. The van der Waals surface area contributed by atoms with Crippen LogP contribution in [0.3, 0.4) is 0 Å². The Bertz CT molecular complexity index is 736. The number of carbonyl (C=O) groups is 1. The van der Waals surface area contributed by atoms with Crippen LogP contribution in [0, 0.1) is 0 Å². The van der Waals surface area contributed by atoms with Crippen molar-refractivity contribution in [3.8, 4) is 0 Å². The summed E-state index contributed by atoms with van der Waals surface area (Å²) in [4.78, 5) is 25.4.